The Balaban J connectivity index is 2.07. The van der Waals surface area contributed by atoms with Gasteiger partial charge in [0.1, 0.15) is 5.75 Å². The second-order valence-electron chi connectivity index (χ2n) is 4.86. The number of aromatic nitrogens is 2. The molecule has 0 atom stereocenters. The molecule has 0 radical (unpaired) electrons. The van der Waals surface area contributed by atoms with Gasteiger partial charge in [-0.25, -0.2) is 0 Å². The van der Waals surface area contributed by atoms with Crippen LogP contribution in [0.3, 0.4) is 0 Å². The number of hydrogen-bond donors (Lipinski definition) is 1. The maximum absolute atomic E-state index is 5.81. The topological polar surface area (TPSA) is 60.2 Å². The van der Waals surface area contributed by atoms with Gasteiger partial charge in [-0.1, -0.05) is 24.2 Å². The van der Waals surface area contributed by atoms with Crippen LogP contribution in [0, 0.1) is 20.8 Å². The number of ether oxygens (including phenoxy) is 1. The smallest absolute Gasteiger partial charge is 0.264 e. The van der Waals surface area contributed by atoms with Crippen LogP contribution in [0.15, 0.2) is 16.7 Å². The van der Waals surface area contributed by atoms with Gasteiger partial charge in [-0.3, -0.25) is 0 Å². The lowest BCUT2D eigenvalue weighted by molar-refractivity contribution is 0.240. The molecular formula is C15H21N3O2. The van der Waals surface area contributed by atoms with E-state index in [1.165, 1.54) is 5.56 Å². The molecule has 0 fully saturated rings. The summed E-state index contributed by atoms with van der Waals surface area (Å²) in [6.45, 7) is 10.1. The average Bonchev–Trinajstić information content (AvgIpc) is 2.81. The molecule has 0 aliphatic rings. The van der Waals surface area contributed by atoms with Gasteiger partial charge < -0.3 is 14.6 Å². The summed E-state index contributed by atoms with van der Waals surface area (Å²) in [6, 6.07) is 4.29. The van der Waals surface area contributed by atoms with Crippen molar-refractivity contribution in [1.29, 1.82) is 0 Å². The van der Waals surface area contributed by atoms with Gasteiger partial charge in [0.2, 0.25) is 0 Å². The summed E-state index contributed by atoms with van der Waals surface area (Å²) in [6.07, 6.45) is 0. The van der Waals surface area contributed by atoms with Crippen LogP contribution in [-0.4, -0.2) is 16.7 Å². The summed E-state index contributed by atoms with van der Waals surface area (Å²) < 4.78 is 10.9. The predicted octanol–water partition coefficient (Wildman–Crippen LogP) is 2.68. The van der Waals surface area contributed by atoms with Gasteiger partial charge in [0, 0.05) is 6.54 Å². The van der Waals surface area contributed by atoms with Crippen LogP contribution in [0.2, 0.25) is 0 Å². The van der Waals surface area contributed by atoms with Crippen molar-refractivity contribution in [1.82, 2.24) is 15.5 Å². The minimum absolute atomic E-state index is 0.301. The van der Waals surface area contributed by atoms with Gasteiger partial charge in [-0.05, 0) is 44.0 Å². The van der Waals surface area contributed by atoms with Crippen LogP contribution in [0.5, 0.6) is 5.75 Å². The van der Waals surface area contributed by atoms with Crippen molar-refractivity contribution in [2.75, 3.05) is 6.54 Å². The van der Waals surface area contributed by atoms with Crippen molar-refractivity contribution in [2.24, 2.45) is 0 Å². The van der Waals surface area contributed by atoms with Crippen molar-refractivity contribution >= 4 is 0 Å². The third-order valence-corrected chi connectivity index (χ3v) is 3.01. The second-order valence-corrected chi connectivity index (χ2v) is 4.86. The van der Waals surface area contributed by atoms with Crippen molar-refractivity contribution in [3.8, 4) is 5.75 Å². The Bertz CT molecular complexity index is 555. The third kappa shape index (κ3) is 3.57. The molecule has 0 aliphatic carbocycles. The summed E-state index contributed by atoms with van der Waals surface area (Å²) in [5, 5.41) is 7.07. The Morgan fingerprint density at radius 3 is 2.45 bits per heavy atom. The molecule has 20 heavy (non-hydrogen) atoms. The van der Waals surface area contributed by atoms with Gasteiger partial charge >= 0.3 is 0 Å². The monoisotopic (exact) mass is 275 g/mol. The van der Waals surface area contributed by atoms with E-state index in [0.717, 1.165) is 30.0 Å². The normalized spacial score (nSPS) is 10.8. The zero-order chi connectivity index (χ0) is 14.5. The molecule has 0 bridgehead atoms. The highest BCUT2D eigenvalue weighted by Gasteiger charge is 2.09. The Hall–Kier alpha value is -1.88. The molecule has 1 aromatic carbocycles. The SMILES string of the molecule is CCNCc1cc(C)c(OCc2nc(C)no2)c(C)c1. The van der Waals surface area contributed by atoms with Crippen LogP contribution < -0.4 is 10.1 Å². The fourth-order valence-electron chi connectivity index (χ4n) is 2.17. The molecule has 0 amide bonds. The summed E-state index contributed by atoms with van der Waals surface area (Å²) in [4.78, 5) is 4.13. The molecule has 0 saturated carbocycles. The summed E-state index contributed by atoms with van der Waals surface area (Å²) >= 11 is 0. The Morgan fingerprint density at radius 2 is 1.90 bits per heavy atom. The first-order valence-electron chi connectivity index (χ1n) is 6.83. The summed E-state index contributed by atoms with van der Waals surface area (Å²) in [7, 11) is 0. The van der Waals surface area contributed by atoms with E-state index in [0.29, 0.717) is 18.3 Å². The van der Waals surface area contributed by atoms with E-state index >= 15 is 0 Å². The van der Waals surface area contributed by atoms with Crippen molar-refractivity contribution in [3.63, 3.8) is 0 Å². The van der Waals surface area contributed by atoms with Crippen LogP contribution in [0.1, 0.15) is 35.3 Å². The van der Waals surface area contributed by atoms with Gasteiger partial charge in [0.05, 0.1) is 0 Å². The first-order valence-corrected chi connectivity index (χ1v) is 6.83. The molecule has 2 aromatic rings. The van der Waals surface area contributed by atoms with Gasteiger partial charge in [0.15, 0.2) is 12.4 Å². The Morgan fingerprint density at radius 1 is 1.20 bits per heavy atom. The number of benzene rings is 1. The van der Waals surface area contributed by atoms with Crippen molar-refractivity contribution in [2.45, 2.75) is 40.8 Å². The van der Waals surface area contributed by atoms with Gasteiger partial charge in [-0.15, -0.1) is 0 Å². The van der Waals surface area contributed by atoms with E-state index in [4.69, 9.17) is 9.26 Å². The number of aryl methyl sites for hydroxylation is 3. The van der Waals surface area contributed by atoms with E-state index < -0.39 is 0 Å². The number of nitrogens with zero attached hydrogens (tertiary/aromatic N) is 2. The maximum Gasteiger partial charge on any atom is 0.264 e. The van der Waals surface area contributed by atoms with Crippen LogP contribution in [-0.2, 0) is 13.2 Å². The van der Waals surface area contributed by atoms with E-state index in [1.807, 2.05) is 0 Å². The van der Waals surface area contributed by atoms with Gasteiger partial charge in [-0.2, -0.15) is 4.98 Å². The highest BCUT2D eigenvalue weighted by atomic mass is 16.5. The Labute approximate surface area is 119 Å². The number of rotatable bonds is 6. The zero-order valence-corrected chi connectivity index (χ0v) is 12.5. The predicted molar refractivity (Wildman–Crippen MR) is 76.7 cm³/mol. The minimum Gasteiger partial charge on any atom is -0.483 e. The van der Waals surface area contributed by atoms with Crippen molar-refractivity contribution in [3.05, 3.63) is 40.5 Å². The molecule has 0 unspecified atom stereocenters. The molecule has 0 spiro atoms. The highest BCUT2D eigenvalue weighted by molar-refractivity contribution is 5.43. The minimum atomic E-state index is 0.301. The lowest BCUT2D eigenvalue weighted by Crippen LogP contribution is -2.12. The molecule has 108 valence electrons. The number of hydrogen-bond acceptors (Lipinski definition) is 5. The van der Waals surface area contributed by atoms with Crippen LogP contribution in [0.4, 0.5) is 0 Å². The van der Waals surface area contributed by atoms with E-state index in [1.54, 1.807) is 6.92 Å². The fraction of sp³-hybridized carbons (Fsp3) is 0.467. The molecule has 1 aromatic heterocycles. The third-order valence-electron chi connectivity index (χ3n) is 3.01. The number of nitrogens with one attached hydrogen (secondary N) is 1. The average molecular weight is 275 g/mol. The van der Waals surface area contributed by atoms with E-state index in [-0.39, 0.29) is 0 Å². The standard InChI is InChI=1S/C15H21N3O2/c1-5-16-8-13-6-10(2)15(11(3)7-13)19-9-14-17-12(4)18-20-14/h6-7,16H,5,8-9H2,1-4H3. The maximum atomic E-state index is 5.81. The Kier molecular flexibility index (Phi) is 4.74. The van der Waals surface area contributed by atoms with Crippen LogP contribution >= 0.6 is 0 Å². The first kappa shape index (κ1) is 14.5. The van der Waals surface area contributed by atoms with Crippen molar-refractivity contribution < 1.29 is 9.26 Å². The van der Waals surface area contributed by atoms with Gasteiger partial charge in [0.25, 0.3) is 5.89 Å². The molecule has 0 saturated heterocycles. The van der Waals surface area contributed by atoms with Crippen LogP contribution in [0.25, 0.3) is 0 Å². The molecule has 5 heteroatoms. The zero-order valence-electron chi connectivity index (χ0n) is 12.5. The molecule has 2 rings (SSSR count). The summed E-state index contributed by atoms with van der Waals surface area (Å²) in [5.74, 6) is 2.01. The second kappa shape index (κ2) is 6.52. The quantitative estimate of drug-likeness (QED) is 0.878. The largest absolute Gasteiger partial charge is 0.483 e. The summed E-state index contributed by atoms with van der Waals surface area (Å²) in [5.41, 5.74) is 3.51. The highest BCUT2D eigenvalue weighted by Crippen LogP contribution is 2.25. The molecule has 0 aliphatic heterocycles. The lowest BCUT2D eigenvalue weighted by Gasteiger charge is -2.13. The van der Waals surface area contributed by atoms with E-state index in [2.05, 4.69) is 48.4 Å². The van der Waals surface area contributed by atoms with E-state index in [9.17, 15) is 0 Å². The fourth-order valence-corrected chi connectivity index (χ4v) is 2.17. The molecular weight excluding hydrogens is 254 g/mol. The molecule has 1 heterocycles. The first-order chi connectivity index (χ1) is 9.60. The molecule has 5 nitrogen and oxygen atoms in total. The molecule has 1 N–H and O–H groups in total. The lowest BCUT2D eigenvalue weighted by atomic mass is 10.1.